The van der Waals surface area contributed by atoms with E-state index in [-0.39, 0.29) is 11.4 Å². The number of hydrogen-bond donors (Lipinski definition) is 1. The molecule has 20 heavy (non-hydrogen) atoms. The van der Waals surface area contributed by atoms with Crippen LogP contribution in [0.1, 0.15) is 10.5 Å². The fourth-order valence-electron chi connectivity index (χ4n) is 1.71. The molecule has 3 nitrogen and oxygen atoms in total. The molecule has 0 saturated heterocycles. The van der Waals surface area contributed by atoms with Gasteiger partial charge in [0.15, 0.2) is 0 Å². The Morgan fingerprint density at radius 3 is 2.75 bits per heavy atom. The number of nitrogens with one attached hydrogen (secondary N) is 1. The van der Waals surface area contributed by atoms with Crippen LogP contribution in [0.2, 0.25) is 0 Å². The molecule has 1 N–H and O–H groups in total. The molecular weight excluding hydrogens is 337 g/mol. The maximum Gasteiger partial charge on any atom is 0.272 e. The molecule has 2 rings (SSSR count). The Bertz CT molecular complexity index is 628. The van der Waals surface area contributed by atoms with Gasteiger partial charge in [-0.05, 0) is 30.3 Å². The van der Waals surface area contributed by atoms with Crippen molar-refractivity contribution in [3.63, 3.8) is 0 Å². The van der Waals surface area contributed by atoms with E-state index in [0.717, 1.165) is 4.57 Å². The Morgan fingerprint density at radius 1 is 1.35 bits per heavy atom. The van der Waals surface area contributed by atoms with Gasteiger partial charge < -0.3 is 9.88 Å². The van der Waals surface area contributed by atoms with Crippen LogP contribution in [0.4, 0.5) is 18.9 Å². The summed E-state index contributed by atoms with van der Waals surface area (Å²) in [7, 11) is 0. The van der Waals surface area contributed by atoms with Crippen LogP contribution in [0.25, 0.3) is 0 Å². The molecule has 0 aliphatic heterocycles. The monoisotopic (exact) mass is 346 g/mol. The molecule has 0 radical (unpaired) electrons. The van der Waals surface area contributed by atoms with Crippen LogP contribution in [-0.2, 0) is 6.54 Å². The number of benzene rings is 1. The van der Waals surface area contributed by atoms with Gasteiger partial charge in [-0.1, -0.05) is 15.9 Å². The third-order valence-electron chi connectivity index (χ3n) is 2.58. The summed E-state index contributed by atoms with van der Waals surface area (Å²) in [5, 5.41) is 2.35. The molecule has 0 atom stereocenters. The molecule has 106 valence electrons. The number of aromatic nitrogens is 1. The fraction of sp³-hybridized carbons (Fsp3) is 0.154. The van der Waals surface area contributed by atoms with Crippen LogP contribution in [0.3, 0.4) is 0 Å². The molecule has 0 saturated carbocycles. The normalized spacial score (nSPS) is 10.8. The van der Waals surface area contributed by atoms with Crippen LogP contribution in [0, 0.1) is 5.82 Å². The van der Waals surface area contributed by atoms with Crippen molar-refractivity contribution in [2.75, 3.05) is 5.32 Å². The first kappa shape index (κ1) is 14.6. The van der Waals surface area contributed by atoms with Crippen molar-refractivity contribution < 1.29 is 18.0 Å². The molecule has 2 aromatic rings. The van der Waals surface area contributed by atoms with Crippen molar-refractivity contribution in [3.8, 4) is 0 Å². The summed E-state index contributed by atoms with van der Waals surface area (Å²) in [5.41, 5.74) is 0.0376. The number of nitrogens with zero attached hydrogens (tertiary/aromatic N) is 1. The Labute approximate surface area is 121 Å². The van der Waals surface area contributed by atoms with Gasteiger partial charge in [-0.25, -0.2) is 13.2 Å². The summed E-state index contributed by atoms with van der Waals surface area (Å²) in [6.45, 7) is -0.585. The summed E-state index contributed by atoms with van der Waals surface area (Å²) in [4.78, 5) is 12.0. The van der Waals surface area contributed by atoms with Crippen LogP contribution in [-0.4, -0.2) is 16.9 Å². The molecule has 1 aromatic carbocycles. The molecule has 1 heterocycles. The number of rotatable bonds is 4. The van der Waals surface area contributed by atoms with Gasteiger partial charge in [0.1, 0.15) is 11.5 Å². The van der Waals surface area contributed by atoms with Crippen LogP contribution in [0.15, 0.2) is 41.0 Å². The Hall–Kier alpha value is -1.76. The van der Waals surface area contributed by atoms with E-state index in [1.54, 1.807) is 6.07 Å². The third kappa shape index (κ3) is 3.41. The molecule has 0 bridgehead atoms. The van der Waals surface area contributed by atoms with E-state index in [2.05, 4.69) is 21.2 Å². The quantitative estimate of drug-likeness (QED) is 0.894. The van der Waals surface area contributed by atoms with Crippen molar-refractivity contribution in [3.05, 3.63) is 52.5 Å². The lowest BCUT2D eigenvalue weighted by molar-refractivity contribution is 0.0997. The van der Waals surface area contributed by atoms with E-state index in [0.29, 0.717) is 4.47 Å². The zero-order valence-electron chi connectivity index (χ0n) is 10.1. The van der Waals surface area contributed by atoms with Crippen molar-refractivity contribution in [1.82, 2.24) is 4.57 Å². The highest BCUT2D eigenvalue weighted by atomic mass is 79.9. The van der Waals surface area contributed by atoms with E-state index in [1.165, 1.54) is 30.5 Å². The first-order chi connectivity index (χ1) is 9.47. The van der Waals surface area contributed by atoms with E-state index in [9.17, 15) is 18.0 Å². The first-order valence-corrected chi connectivity index (χ1v) is 6.46. The molecule has 0 aliphatic rings. The van der Waals surface area contributed by atoms with E-state index < -0.39 is 24.7 Å². The molecule has 0 fully saturated rings. The molecule has 0 aliphatic carbocycles. The number of carbonyl (C=O) groups is 1. The van der Waals surface area contributed by atoms with Gasteiger partial charge in [-0.15, -0.1) is 0 Å². The predicted molar refractivity (Wildman–Crippen MR) is 72.5 cm³/mol. The molecule has 1 aromatic heterocycles. The topological polar surface area (TPSA) is 34.0 Å². The van der Waals surface area contributed by atoms with Crippen molar-refractivity contribution in [1.29, 1.82) is 0 Å². The number of alkyl halides is 2. The maximum atomic E-state index is 13.6. The maximum absolute atomic E-state index is 13.6. The molecule has 0 unspecified atom stereocenters. The average Bonchev–Trinajstić information content (AvgIpc) is 2.80. The molecular formula is C13H10BrF3N2O. The Kier molecular flexibility index (Phi) is 4.49. The van der Waals surface area contributed by atoms with E-state index in [1.807, 2.05) is 0 Å². The highest BCUT2D eigenvalue weighted by molar-refractivity contribution is 9.10. The highest BCUT2D eigenvalue weighted by Crippen LogP contribution is 2.20. The number of amides is 1. The van der Waals surface area contributed by atoms with Crippen LogP contribution in [0.5, 0.6) is 0 Å². The molecule has 1 amide bonds. The smallest absolute Gasteiger partial charge is 0.272 e. The minimum atomic E-state index is -2.57. The average molecular weight is 347 g/mol. The van der Waals surface area contributed by atoms with Gasteiger partial charge in [-0.2, -0.15) is 0 Å². The fourth-order valence-corrected chi connectivity index (χ4v) is 2.04. The summed E-state index contributed by atoms with van der Waals surface area (Å²) >= 11 is 3.10. The Balaban J connectivity index is 2.18. The largest absolute Gasteiger partial charge is 0.338 e. The lowest BCUT2D eigenvalue weighted by Gasteiger charge is -2.10. The predicted octanol–water partition coefficient (Wildman–Crippen LogP) is 3.91. The van der Waals surface area contributed by atoms with Crippen molar-refractivity contribution >= 4 is 27.5 Å². The Morgan fingerprint density at radius 2 is 2.10 bits per heavy atom. The molecule has 0 spiro atoms. The summed E-state index contributed by atoms with van der Waals surface area (Å²) in [5.74, 6) is -1.25. The van der Waals surface area contributed by atoms with Gasteiger partial charge in [0.2, 0.25) is 0 Å². The summed E-state index contributed by atoms with van der Waals surface area (Å²) in [6.07, 6.45) is -1.20. The number of anilines is 1. The second kappa shape index (κ2) is 6.13. The van der Waals surface area contributed by atoms with Crippen LogP contribution < -0.4 is 5.32 Å². The highest BCUT2D eigenvalue weighted by Gasteiger charge is 2.15. The van der Waals surface area contributed by atoms with Gasteiger partial charge in [0, 0.05) is 10.7 Å². The minimum absolute atomic E-state index is 0.0111. The SMILES string of the molecule is O=C(Nc1ccc(Br)cc1F)c1cccn1CC(F)F. The number of hydrogen-bond acceptors (Lipinski definition) is 1. The number of halogens is 4. The third-order valence-corrected chi connectivity index (χ3v) is 3.07. The second-order valence-electron chi connectivity index (χ2n) is 4.02. The lowest BCUT2D eigenvalue weighted by atomic mass is 10.3. The van der Waals surface area contributed by atoms with E-state index in [4.69, 9.17) is 0 Å². The van der Waals surface area contributed by atoms with Crippen molar-refractivity contribution in [2.45, 2.75) is 13.0 Å². The van der Waals surface area contributed by atoms with Gasteiger partial charge >= 0.3 is 0 Å². The second-order valence-corrected chi connectivity index (χ2v) is 4.93. The zero-order chi connectivity index (χ0) is 14.7. The zero-order valence-corrected chi connectivity index (χ0v) is 11.7. The summed E-state index contributed by atoms with van der Waals surface area (Å²) in [6, 6.07) is 7.03. The van der Waals surface area contributed by atoms with Gasteiger partial charge in [0.25, 0.3) is 12.3 Å². The summed E-state index contributed by atoms with van der Waals surface area (Å²) < 4.78 is 40.0. The lowest BCUT2D eigenvalue weighted by Crippen LogP contribution is -2.19. The number of carbonyl (C=O) groups excluding carboxylic acids is 1. The van der Waals surface area contributed by atoms with E-state index >= 15 is 0 Å². The standard InChI is InChI=1S/C13H10BrF3N2O/c14-8-3-4-10(9(15)6-8)18-13(20)11-2-1-5-19(11)7-12(16)17/h1-6,12H,7H2,(H,18,20). The molecule has 7 heteroatoms. The van der Waals surface area contributed by atoms with Crippen LogP contribution >= 0.6 is 15.9 Å². The van der Waals surface area contributed by atoms with Gasteiger partial charge in [-0.3, -0.25) is 4.79 Å². The van der Waals surface area contributed by atoms with Crippen molar-refractivity contribution in [2.24, 2.45) is 0 Å². The first-order valence-electron chi connectivity index (χ1n) is 5.67. The minimum Gasteiger partial charge on any atom is -0.338 e. The van der Waals surface area contributed by atoms with Gasteiger partial charge in [0.05, 0.1) is 12.2 Å².